The van der Waals surface area contributed by atoms with Crippen LogP contribution in [0.1, 0.15) is 30.5 Å². The molecule has 2 aromatic rings. The first-order valence-electron chi connectivity index (χ1n) is 12.7. The van der Waals surface area contributed by atoms with E-state index in [0.29, 0.717) is 56.5 Å². The number of aliphatic hydroxyl groups is 1. The fourth-order valence-electron chi connectivity index (χ4n) is 4.68. The van der Waals surface area contributed by atoms with E-state index in [1.165, 1.54) is 0 Å². The first-order valence-corrected chi connectivity index (χ1v) is 12.7. The van der Waals surface area contributed by atoms with Gasteiger partial charge in [-0.25, -0.2) is 0 Å². The molecule has 1 atom stereocenters. The monoisotopic (exact) mass is 506 g/mol. The number of aliphatic hydroxyl groups excluding tert-OH is 1. The van der Waals surface area contributed by atoms with Crippen LogP contribution in [0, 0.1) is 0 Å². The summed E-state index contributed by atoms with van der Waals surface area (Å²) >= 11 is 0. The second-order valence-corrected chi connectivity index (χ2v) is 8.93. The molecule has 2 heterocycles. The van der Waals surface area contributed by atoms with Gasteiger partial charge in [-0.1, -0.05) is 24.8 Å². The van der Waals surface area contributed by atoms with Crippen molar-refractivity contribution in [1.82, 2.24) is 9.80 Å². The summed E-state index contributed by atoms with van der Waals surface area (Å²) in [5.74, 6) is -0.177. The number of ether oxygens (including phenoxy) is 3. The topological polar surface area (TPSA) is 88.5 Å². The molecule has 0 bridgehead atoms. The number of ketones is 1. The summed E-state index contributed by atoms with van der Waals surface area (Å²) in [4.78, 5) is 30.3. The Morgan fingerprint density at radius 1 is 1.03 bits per heavy atom. The van der Waals surface area contributed by atoms with Gasteiger partial charge in [-0.05, 0) is 55.3 Å². The average Bonchev–Trinajstić information content (AvgIpc) is 3.18. The minimum absolute atomic E-state index is 0.0836. The Hall–Kier alpha value is -3.62. The van der Waals surface area contributed by atoms with Crippen LogP contribution in [0.25, 0.3) is 5.76 Å². The van der Waals surface area contributed by atoms with E-state index in [-0.39, 0.29) is 11.3 Å². The molecular weight excluding hydrogens is 472 g/mol. The third kappa shape index (κ3) is 6.21. The first kappa shape index (κ1) is 26.4. The Labute approximate surface area is 217 Å². The van der Waals surface area contributed by atoms with E-state index >= 15 is 0 Å². The largest absolute Gasteiger partial charge is 0.507 e. The van der Waals surface area contributed by atoms with Gasteiger partial charge < -0.3 is 24.2 Å². The SMILES string of the molecule is C=CCOc1ccc([C@H]2/C(=C(\O)c3ccc(OCC)cc3)C(=O)C(=O)N2CCCN2CCOCC2)cc1. The first-order chi connectivity index (χ1) is 18.0. The van der Waals surface area contributed by atoms with Crippen LogP contribution in [0.3, 0.4) is 0 Å². The number of likely N-dealkylation sites (tertiary alicyclic amines) is 1. The van der Waals surface area contributed by atoms with E-state index in [0.717, 1.165) is 25.2 Å². The van der Waals surface area contributed by atoms with E-state index in [4.69, 9.17) is 14.2 Å². The zero-order chi connectivity index (χ0) is 26.2. The lowest BCUT2D eigenvalue weighted by atomic mass is 9.95. The van der Waals surface area contributed by atoms with E-state index in [1.54, 1.807) is 47.4 Å². The average molecular weight is 507 g/mol. The molecule has 0 saturated carbocycles. The molecule has 2 saturated heterocycles. The molecule has 37 heavy (non-hydrogen) atoms. The molecular formula is C29H34N2O6. The summed E-state index contributed by atoms with van der Waals surface area (Å²) in [5.41, 5.74) is 1.26. The van der Waals surface area contributed by atoms with Gasteiger partial charge in [0.2, 0.25) is 0 Å². The molecule has 8 nitrogen and oxygen atoms in total. The highest BCUT2D eigenvalue weighted by atomic mass is 16.5. The lowest BCUT2D eigenvalue weighted by molar-refractivity contribution is -0.140. The lowest BCUT2D eigenvalue weighted by Crippen LogP contribution is -2.38. The number of carbonyl (C=O) groups excluding carboxylic acids is 2. The van der Waals surface area contributed by atoms with E-state index < -0.39 is 17.7 Å². The van der Waals surface area contributed by atoms with E-state index in [1.807, 2.05) is 19.1 Å². The van der Waals surface area contributed by atoms with Gasteiger partial charge in [0.05, 0.1) is 31.4 Å². The number of carbonyl (C=O) groups is 2. The van der Waals surface area contributed by atoms with Crippen molar-refractivity contribution in [3.8, 4) is 11.5 Å². The van der Waals surface area contributed by atoms with Crippen molar-refractivity contribution in [2.45, 2.75) is 19.4 Å². The molecule has 0 aliphatic carbocycles. The molecule has 1 amide bonds. The van der Waals surface area contributed by atoms with Gasteiger partial charge in [0.25, 0.3) is 11.7 Å². The minimum Gasteiger partial charge on any atom is -0.507 e. The molecule has 8 heteroatoms. The maximum absolute atomic E-state index is 13.3. The number of Topliss-reactive ketones (excluding diaryl/α,β-unsaturated/α-hetero) is 1. The molecule has 2 aliphatic rings. The lowest BCUT2D eigenvalue weighted by Gasteiger charge is -2.29. The highest BCUT2D eigenvalue weighted by Gasteiger charge is 2.45. The standard InChI is InChI=1S/C29H34N2O6/c1-3-18-37-24-10-6-21(7-11-24)26-25(27(32)22-8-12-23(13-9-22)36-4-2)28(33)29(34)31(26)15-5-14-30-16-19-35-20-17-30/h3,6-13,26,32H,1,4-5,14-20H2,2H3/b27-25+/t26-/m0/s1. The number of hydrogen-bond donors (Lipinski definition) is 1. The van der Waals surface area contributed by atoms with E-state index in [2.05, 4.69) is 11.5 Å². The van der Waals surface area contributed by atoms with Crippen LogP contribution >= 0.6 is 0 Å². The van der Waals surface area contributed by atoms with Crippen molar-refractivity contribution < 1.29 is 28.9 Å². The van der Waals surface area contributed by atoms with Gasteiger partial charge in [0.1, 0.15) is 23.9 Å². The Morgan fingerprint density at radius 3 is 2.32 bits per heavy atom. The molecule has 0 spiro atoms. The summed E-state index contributed by atoms with van der Waals surface area (Å²) in [5, 5.41) is 11.3. The summed E-state index contributed by atoms with van der Waals surface area (Å²) in [6, 6.07) is 13.4. The summed E-state index contributed by atoms with van der Waals surface area (Å²) in [7, 11) is 0. The molecule has 0 aromatic heterocycles. The Morgan fingerprint density at radius 2 is 1.68 bits per heavy atom. The van der Waals surface area contributed by atoms with Crippen LogP contribution in [0.5, 0.6) is 11.5 Å². The van der Waals surface area contributed by atoms with Gasteiger partial charge in [-0.3, -0.25) is 14.5 Å². The van der Waals surface area contributed by atoms with Crippen LogP contribution in [0.15, 0.2) is 66.8 Å². The normalized spacial score (nSPS) is 19.7. The predicted octanol–water partition coefficient (Wildman–Crippen LogP) is 3.79. The van der Waals surface area contributed by atoms with Crippen molar-refractivity contribution in [1.29, 1.82) is 0 Å². The molecule has 2 fully saturated rings. The molecule has 4 rings (SSSR count). The zero-order valence-electron chi connectivity index (χ0n) is 21.2. The number of hydrogen-bond acceptors (Lipinski definition) is 7. The quantitative estimate of drug-likeness (QED) is 0.215. The fourth-order valence-corrected chi connectivity index (χ4v) is 4.68. The smallest absolute Gasteiger partial charge is 0.295 e. The number of amides is 1. The van der Waals surface area contributed by atoms with Crippen molar-refractivity contribution in [3.63, 3.8) is 0 Å². The maximum atomic E-state index is 13.3. The number of morpholine rings is 1. The van der Waals surface area contributed by atoms with Crippen LogP contribution < -0.4 is 9.47 Å². The zero-order valence-corrected chi connectivity index (χ0v) is 21.2. The van der Waals surface area contributed by atoms with Gasteiger partial charge in [0, 0.05) is 31.7 Å². The second kappa shape index (κ2) is 12.6. The van der Waals surface area contributed by atoms with Crippen LogP contribution in [-0.2, 0) is 14.3 Å². The van der Waals surface area contributed by atoms with Crippen molar-refractivity contribution in [2.75, 3.05) is 52.6 Å². The number of nitrogens with zero attached hydrogens (tertiary/aromatic N) is 2. The molecule has 1 N–H and O–H groups in total. The Kier molecular flexibility index (Phi) is 8.98. The maximum Gasteiger partial charge on any atom is 0.295 e. The Balaban J connectivity index is 1.64. The third-order valence-corrected chi connectivity index (χ3v) is 6.52. The highest BCUT2D eigenvalue weighted by Crippen LogP contribution is 2.40. The van der Waals surface area contributed by atoms with Crippen LogP contribution in [0.4, 0.5) is 0 Å². The number of rotatable bonds is 11. The fraction of sp³-hybridized carbons (Fsp3) is 0.379. The summed E-state index contributed by atoms with van der Waals surface area (Å²) in [6.07, 6.45) is 2.36. The number of benzene rings is 2. The van der Waals surface area contributed by atoms with Gasteiger partial charge >= 0.3 is 0 Å². The van der Waals surface area contributed by atoms with Gasteiger partial charge in [-0.15, -0.1) is 0 Å². The summed E-state index contributed by atoms with van der Waals surface area (Å²) in [6.45, 7) is 10.7. The third-order valence-electron chi connectivity index (χ3n) is 6.52. The van der Waals surface area contributed by atoms with Crippen molar-refractivity contribution >= 4 is 17.4 Å². The molecule has 2 aromatic carbocycles. The molecule has 0 radical (unpaired) electrons. The predicted molar refractivity (Wildman–Crippen MR) is 141 cm³/mol. The molecule has 0 unspecified atom stereocenters. The van der Waals surface area contributed by atoms with E-state index in [9.17, 15) is 14.7 Å². The summed E-state index contributed by atoms with van der Waals surface area (Å²) < 4.78 is 16.5. The van der Waals surface area contributed by atoms with Gasteiger partial charge in [-0.2, -0.15) is 0 Å². The molecule has 2 aliphatic heterocycles. The van der Waals surface area contributed by atoms with Crippen LogP contribution in [0.2, 0.25) is 0 Å². The minimum atomic E-state index is -0.704. The Bertz CT molecular complexity index is 1120. The van der Waals surface area contributed by atoms with Crippen LogP contribution in [-0.4, -0.2) is 79.2 Å². The van der Waals surface area contributed by atoms with Crippen molar-refractivity contribution in [3.05, 3.63) is 77.9 Å². The van der Waals surface area contributed by atoms with Crippen molar-refractivity contribution in [2.24, 2.45) is 0 Å². The second-order valence-electron chi connectivity index (χ2n) is 8.93. The highest BCUT2D eigenvalue weighted by molar-refractivity contribution is 6.46. The molecule has 196 valence electrons. The van der Waals surface area contributed by atoms with Gasteiger partial charge in [0.15, 0.2) is 0 Å².